The van der Waals surface area contributed by atoms with Crippen LogP contribution in [0, 0.1) is 0 Å². The summed E-state index contributed by atoms with van der Waals surface area (Å²) in [5.41, 5.74) is 0.640. The number of ether oxygens (including phenoxy) is 1. The van der Waals surface area contributed by atoms with Crippen molar-refractivity contribution >= 4 is 27.7 Å². The molecule has 0 atom stereocenters. The van der Waals surface area contributed by atoms with Crippen LogP contribution < -0.4 is 10.2 Å². The fraction of sp³-hybridized carbons (Fsp3) is 0.667. The number of aromatic nitrogens is 1. The molecule has 29 heavy (non-hydrogen) atoms. The number of anilines is 2. The number of piperazine rings is 1. The molecule has 0 saturated carbocycles. The quantitative estimate of drug-likeness (QED) is 0.752. The average Bonchev–Trinajstić information content (AvgIpc) is 3.30. The van der Waals surface area contributed by atoms with Crippen LogP contribution in [0.4, 0.5) is 16.3 Å². The van der Waals surface area contributed by atoms with Gasteiger partial charge in [-0.2, -0.15) is 17.0 Å². The second-order valence-electron chi connectivity index (χ2n) is 7.43. The van der Waals surface area contributed by atoms with Crippen LogP contribution in [0.25, 0.3) is 0 Å². The van der Waals surface area contributed by atoms with Gasteiger partial charge in [0.05, 0.1) is 25.1 Å². The van der Waals surface area contributed by atoms with Gasteiger partial charge in [-0.15, -0.1) is 0 Å². The predicted molar refractivity (Wildman–Crippen MR) is 109 cm³/mol. The standard InChI is InChI=1S/C18H28N6O4S/c25-18(20-16-3-4-17(19-15-16)21-5-1-2-6-21)22-7-9-23(10-8-22)29(26,27)24-11-13-28-14-12-24/h3-4,15H,1-2,5-14H2,(H,20,25). The van der Waals surface area contributed by atoms with Gasteiger partial charge in [0.1, 0.15) is 5.82 Å². The summed E-state index contributed by atoms with van der Waals surface area (Å²) in [6, 6.07) is 3.55. The van der Waals surface area contributed by atoms with Crippen LogP contribution in [0.15, 0.2) is 18.3 Å². The molecule has 4 rings (SSSR count). The Kier molecular flexibility index (Phi) is 6.18. The number of carbonyl (C=O) groups is 1. The van der Waals surface area contributed by atoms with Crippen molar-refractivity contribution in [2.45, 2.75) is 12.8 Å². The van der Waals surface area contributed by atoms with E-state index in [9.17, 15) is 13.2 Å². The molecule has 3 aliphatic heterocycles. The lowest BCUT2D eigenvalue weighted by atomic mass is 10.3. The lowest BCUT2D eigenvalue weighted by Crippen LogP contribution is -2.56. The van der Waals surface area contributed by atoms with E-state index < -0.39 is 10.2 Å². The number of rotatable bonds is 4. The number of amides is 2. The molecule has 10 nitrogen and oxygen atoms in total. The Morgan fingerprint density at radius 1 is 0.931 bits per heavy atom. The highest BCUT2D eigenvalue weighted by Gasteiger charge is 2.34. The van der Waals surface area contributed by atoms with Crippen molar-refractivity contribution in [1.82, 2.24) is 18.5 Å². The predicted octanol–water partition coefficient (Wildman–Crippen LogP) is 0.408. The minimum absolute atomic E-state index is 0.232. The first-order valence-electron chi connectivity index (χ1n) is 10.1. The molecule has 160 valence electrons. The van der Waals surface area contributed by atoms with Crippen LogP contribution in [0.1, 0.15) is 12.8 Å². The lowest BCUT2D eigenvalue weighted by molar-refractivity contribution is 0.0691. The molecular formula is C18H28N6O4S. The number of nitrogens with one attached hydrogen (secondary N) is 1. The van der Waals surface area contributed by atoms with Gasteiger partial charge < -0.3 is 19.9 Å². The van der Waals surface area contributed by atoms with Gasteiger partial charge in [0.25, 0.3) is 10.2 Å². The zero-order chi connectivity index (χ0) is 20.3. The van der Waals surface area contributed by atoms with E-state index in [1.165, 1.54) is 21.5 Å². The Morgan fingerprint density at radius 3 is 2.21 bits per heavy atom. The monoisotopic (exact) mass is 424 g/mol. The second-order valence-corrected chi connectivity index (χ2v) is 9.36. The molecule has 1 aromatic heterocycles. The topological polar surface area (TPSA) is 98.3 Å². The van der Waals surface area contributed by atoms with Crippen LogP contribution in [0.5, 0.6) is 0 Å². The van der Waals surface area contributed by atoms with E-state index in [1.54, 1.807) is 11.1 Å². The molecule has 1 aromatic rings. The Labute approximate surface area is 171 Å². The number of hydrogen-bond acceptors (Lipinski definition) is 6. The third-order valence-corrected chi connectivity index (χ3v) is 7.61. The number of hydrogen-bond donors (Lipinski definition) is 1. The molecule has 0 aliphatic carbocycles. The smallest absolute Gasteiger partial charge is 0.321 e. The maximum atomic E-state index is 12.7. The number of urea groups is 1. The summed E-state index contributed by atoms with van der Waals surface area (Å²) in [5, 5.41) is 2.86. The number of carbonyl (C=O) groups excluding carboxylic acids is 1. The number of nitrogens with zero attached hydrogens (tertiary/aromatic N) is 5. The van der Waals surface area contributed by atoms with Crippen molar-refractivity contribution in [2.24, 2.45) is 0 Å². The zero-order valence-corrected chi connectivity index (χ0v) is 17.3. The van der Waals surface area contributed by atoms with E-state index in [0.29, 0.717) is 58.2 Å². The first-order chi connectivity index (χ1) is 14.0. The molecule has 1 N–H and O–H groups in total. The Balaban J connectivity index is 1.28. The number of morpholine rings is 1. The minimum atomic E-state index is -3.49. The molecule has 3 fully saturated rings. The first-order valence-corrected chi connectivity index (χ1v) is 11.5. The molecule has 0 spiro atoms. The van der Waals surface area contributed by atoms with Crippen molar-refractivity contribution < 1.29 is 17.9 Å². The molecule has 3 saturated heterocycles. The molecular weight excluding hydrogens is 396 g/mol. The van der Waals surface area contributed by atoms with Crippen LogP contribution in [-0.2, 0) is 14.9 Å². The Bertz CT molecular complexity index is 798. The SMILES string of the molecule is O=C(Nc1ccc(N2CCCC2)nc1)N1CCN(S(=O)(=O)N2CCOCC2)CC1. The highest BCUT2D eigenvalue weighted by atomic mass is 32.2. The molecule has 0 unspecified atom stereocenters. The molecule has 11 heteroatoms. The van der Waals surface area contributed by atoms with E-state index in [-0.39, 0.29) is 6.03 Å². The maximum absolute atomic E-state index is 12.7. The van der Waals surface area contributed by atoms with Crippen molar-refractivity contribution in [2.75, 3.05) is 75.8 Å². The molecule has 3 aliphatic rings. The molecule has 2 amide bonds. The first kappa shape index (κ1) is 20.3. The van der Waals surface area contributed by atoms with Crippen molar-refractivity contribution in [3.8, 4) is 0 Å². The maximum Gasteiger partial charge on any atom is 0.321 e. The van der Waals surface area contributed by atoms with Gasteiger partial charge in [-0.25, -0.2) is 9.78 Å². The fourth-order valence-corrected chi connectivity index (χ4v) is 5.42. The summed E-state index contributed by atoms with van der Waals surface area (Å²) < 4.78 is 33.6. The lowest BCUT2D eigenvalue weighted by Gasteiger charge is -2.37. The summed E-state index contributed by atoms with van der Waals surface area (Å²) in [5.74, 6) is 0.933. The van der Waals surface area contributed by atoms with Crippen molar-refractivity contribution in [3.05, 3.63) is 18.3 Å². The van der Waals surface area contributed by atoms with Gasteiger partial charge in [0.15, 0.2) is 0 Å². The van der Waals surface area contributed by atoms with E-state index in [0.717, 1.165) is 18.9 Å². The minimum Gasteiger partial charge on any atom is -0.379 e. The van der Waals surface area contributed by atoms with Crippen LogP contribution in [-0.4, -0.2) is 98.5 Å². The summed E-state index contributed by atoms with van der Waals surface area (Å²) in [4.78, 5) is 20.9. The Hall–Kier alpha value is -1.95. The fourth-order valence-electron chi connectivity index (χ4n) is 3.86. The average molecular weight is 425 g/mol. The zero-order valence-electron chi connectivity index (χ0n) is 16.5. The van der Waals surface area contributed by atoms with Crippen LogP contribution in [0.2, 0.25) is 0 Å². The van der Waals surface area contributed by atoms with E-state index in [2.05, 4.69) is 15.2 Å². The summed E-state index contributed by atoms with van der Waals surface area (Å²) in [7, 11) is -3.49. The van der Waals surface area contributed by atoms with Gasteiger partial charge >= 0.3 is 6.03 Å². The summed E-state index contributed by atoms with van der Waals surface area (Å²) >= 11 is 0. The Morgan fingerprint density at radius 2 is 1.59 bits per heavy atom. The summed E-state index contributed by atoms with van der Waals surface area (Å²) in [6.07, 6.45) is 4.05. The third kappa shape index (κ3) is 4.63. The second kappa shape index (κ2) is 8.82. The van der Waals surface area contributed by atoms with Gasteiger partial charge in [-0.05, 0) is 25.0 Å². The van der Waals surface area contributed by atoms with E-state index >= 15 is 0 Å². The van der Waals surface area contributed by atoms with E-state index in [4.69, 9.17) is 4.74 Å². The van der Waals surface area contributed by atoms with Gasteiger partial charge in [-0.3, -0.25) is 0 Å². The molecule has 0 bridgehead atoms. The van der Waals surface area contributed by atoms with Gasteiger partial charge in [0, 0.05) is 52.4 Å². The van der Waals surface area contributed by atoms with Crippen LogP contribution >= 0.6 is 0 Å². The molecule has 0 radical (unpaired) electrons. The molecule has 4 heterocycles. The van der Waals surface area contributed by atoms with Crippen molar-refractivity contribution in [3.63, 3.8) is 0 Å². The van der Waals surface area contributed by atoms with Gasteiger partial charge in [-0.1, -0.05) is 0 Å². The van der Waals surface area contributed by atoms with E-state index in [1.807, 2.05) is 12.1 Å². The highest BCUT2D eigenvalue weighted by molar-refractivity contribution is 7.86. The summed E-state index contributed by atoms with van der Waals surface area (Å²) in [6.45, 7) is 4.94. The van der Waals surface area contributed by atoms with Gasteiger partial charge in [0.2, 0.25) is 0 Å². The number of pyridine rings is 1. The largest absolute Gasteiger partial charge is 0.379 e. The van der Waals surface area contributed by atoms with Crippen LogP contribution in [0.3, 0.4) is 0 Å². The normalized spacial score (nSPS) is 22.1. The highest BCUT2D eigenvalue weighted by Crippen LogP contribution is 2.20. The van der Waals surface area contributed by atoms with Crippen molar-refractivity contribution in [1.29, 1.82) is 0 Å². The molecule has 0 aromatic carbocycles. The third-order valence-electron chi connectivity index (χ3n) is 5.58.